The quantitative estimate of drug-likeness (QED) is 0.914. The summed E-state index contributed by atoms with van der Waals surface area (Å²) in [4.78, 5) is 8.25. The molecule has 4 rings (SSSR count). The maximum Gasteiger partial charge on any atom is 0.0775 e. The summed E-state index contributed by atoms with van der Waals surface area (Å²) in [5.41, 5.74) is 1.10. The normalized spacial score (nSPS) is 27.7. The van der Waals surface area contributed by atoms with Crippen LogP contribution < -0.4 is 5.32 Å². The Morgan fingerprint density at radius 2 is 2.30 bits per heavy atom. The largest absolute Gasteiger partial charge is 0.383 e. The van der Waals surface area contributed by atoms with Crippen LogP contribution in [0.2, 0.25) is 0 Å². The summed E-state index contributed by atoms with van der Waals surface area (Å²) in [6.45, 7) is 3.96. The first-order chi connectivity index (χ1) is 11.4. The van der Waals surface area contributed by atoms with E-state index in [2.05, 4.69) is 38.8 Å². The van der Waals surface area contributed by atoms with Gasteiger partial charge in [-0.1, -0.05) is 6.07 Å². The van der Waals surface area contributed by atoms with Gasteiger partial charge in [0.2, 0.25) is 0 Å². The standard InChI is InChI=1S/C18H23N3OS/c1-3-15(12-19-7-1)20-11-14-5-6-17-18(14)22-9-8-21(17)13-16-4-2-10-23-16/h1-4,7,10,12,14,17-18,20H,5-6,8-9,11,13H2/t14-,17+,18+/m0/s1. The molecule has 0 unspecified atom stereocenters. The van der Waals surface area contributed by atoms with E-state index in [9.17, 15) is 0 Å². The van der Waals surface area contributed by atoms with Gasteiger partial charge in [-0.2, -0.15) is 0 Å². The topological polar surface area (TPSA) is 37.4 Å². The zero-order chi connectivity index (χ0) is 15.5. The Balaban J connectivity index is 1.37. The SMILES string of the molecule is c1cncc(NC[C@@H]2CC[C@@H]3[C@@H]2OCCN3Cc2cccs2)c1. The number of ether oxygens (including phenoxy) is 1. The number of aromatic nitrogens is 1. The van der Waals surface area contributed by atoms with Crippen molar-refractivity contribution < 1.29 is 4.74 Å². The Labute approximate surface area is 141 Å². The van der Waals surface area contributed by atoms with Crippen molar-refractivity contribution in [2.24, 2.45) is 5.92 Å². The van der Waals surface area contributed by atoms with Crippen LogP contribution in [0, 0.1) is 5.92 Å². The fourth-order valence-corrected chi connectivity index (χ4v) is 4.60. The molecule has 1 aliphatic carbocycles. The molecule has 2 aromatic heterocycles. The lowest BCUT2D eigenvalue weighted by atomic mass is 10.0. The second-order valence-corrected chi connectivity index (χ2v) is 7.44. The first kappa shape index (κ1) is 15.1. The molecular weight excluding hydrogens is 306 g/mol. The highest BCUT2D eigenvalue weighted by molar-refractivity contribution is 7.09. The predicted molar refractivity (Wildman–Crippen MR) is 93.7 cm³/mol. The summed E-state index contributed by atoms with van der Waals surface area (Å²) in [7, 11) is 0. The number of fused-ring (bicyclic) bond motifs is 1. The van der Waals surface area contributed by atoms with E-state index in [1.165, 1.54) is 17.7 Å². The summed E-state index contributed by atoms with van der Waals surface area (Å²) in [5, 5.41) is 5.69. The molecule has 3 atom stereocenters. The van der Waals surface area contributed by atoms with Gasteiger partial charge >= 0.3 is 0 Å². The van der Waals surface area contributed by atoms with Gasteiger partial charge in [-0.3, -0.25) is 9.88 Å². The van der Waals surface area contributed by atoms with Crippen molar-refractivity contribution in [1.82, 2.24) is 9.88 Å². The number of morpholine rings is 1. The van der Waals surface area contributed by atoms with Crippen molar-refractivity contribution in [2.45, 2.75) is 31.5 Å². The molecule has 4 nitrogen and oxygen atoms in total. The minimum Gasteiger partial charge on any atom is -0.383 e. The lowest BCUT2D eigenvalue weighted by Gasteiger charge is -2.39. The molecule has 2 fully saturated rings. The highest BCUT2D eigenvalue weighted by Crippen LogP contribution is 2.35. The average Bonchev–Trinajstić information content (AvgIpc) is 3.24. The van der Waals surface area contributed by atoms with Gasteiger partial charge in [0.1, 0.15) is 0 Å². The smallest absolute Gasteiger partial charge is 0.0775 e. The summed E-state index contributed by atoms with van der Waals surface area (Å²) in [6.07, 6.45) is 6.55. The zero-order valence-electron chi connectivity index (χ0n) is 13.2. The molecule has 3 heterocycles. The summed E-state index contributed by atoms with van der Waals surface area (Å²) in [5.74, 6) is 0.589. The fourth-order valence-electron chi connectivity index (χ4n) is 3.87. The molecule has 0 amide bonds. The molecular formula is C18H23N3OS. The Morgan fingerprint density at radius 3 is 3.13 bits per heavy atom. The molecule has 1 saturated carbocycles. The predicted octanol–water partition coefficient (Wildman–Crippen LogP) is 3.23. The number of rotatable bonds is 5. The minimum absolute atomic E-state index is 0.368. The molecule has 23 heavy (non-hydrogen) atoms. The summed E-state index contributed by atoms with van der Waals surface area (Å²) < 4.78 is 6.16. The Morgan fingerprint density at radius 1 is 1.30 bits per heavy atom. The van der Waals surface area contributed by atoms with Gasteiger partial charge in [0.15, 0.2) is 0 Å². The van der Waals surface area contributed by atoms with Crippen molar-refractivity contribution in [2.75, 3.05) is 25.0 Å². The molecule has 1 saturated heterocycles. The Hall–Kier alpha value is -1.43. The van der Waals surface area contributed by atoms with Gasteiger partial charge in [-0.15, -0.1) is 11.3 Å². The minimum atomic E-state index is 0.368. The van der Waals surface area contributed by atoms with E-state index < -0.39 is 0 Å². The van der Waals surface area contributed by atoms with Crippen LogP contribution in [0.3, 0.4) is 0 Å². The van der Waals surface area contributed by atoms with E-state index in [-0.39, 0.29) is 0 Å². The number of hydrogen-bond acceptors (Lipinski definition) is 5. The van der Waals surface area contributed by atoms with Gasteiger partial charge < -0.3 is 10.1 Å². The number of nitrogens with one attached hydrogen (secondary N) is 1. The van der Waals surface area contributed by atoms with Gasteiger partial charge in [-0.05, 0) is 36.4 Å². The Bertz CT molecular complexity index is 604. The second kappa shape index (κ2) is 6.99. The maximum absolute atomic E-state index is 6.16. The molecule has 0 aromatic carbocycles. The third-order valence-corrected chi connectivity index (χ3v) is 5.86. The van der Waals surface area contributed by atoms with Crippen LogP contribution in [-0.2, 0) is 11.3 Å². The third kappa shape index (κ3) is 3.42. The average molecular weight is 329 g/mol. The number of pyridine rings is 1. The van der Waals surface area contributed by atoms with Crippen LogP contribution in [0.5, 0.6) is 0 Å². The molecule has 1 N–H and O–H groups in total. The molecule has 5 heteroatoms. The van der Waals surface area contributed by atoms with Crippen molar-refractivity contribution >= 4 is 17.0 Å². The van der Waals surface area contributed by atoms with E-state index in [1.807, 2.05) is 29.8 Å². The van der Waals surface area contributed by atoms with Crippen molar-refractivity contribution in [3.63, 3.8) is 0 Å². The van der Waals surface area contributed by atoms with E-state index in [0.29, 0.717) is 18.1 Å². The highest BCUT2D eigenvalue weighted by atomic mass is 32.1. The first-order valence-corrected chi connectivity index (χ1v) is 9.30. The van der Waals surface area contributed by atoms with Crippen LogP contribution in [0.15, 0.2) is 42.0 Å². The molecule has 1 aliphatic heterocycles. The van der Waals surface area contributed by atoms with Gasteiger partial charge in [0.05, 0.1) is 18.4 Å². The van der Waals surface area contributed by atoms with E-state index in [1.54, 1.807) is 0 Å². The summed E-state index contributed by atoms with van der Waals surface area (Å²) in [6, 6.07) is 9.01. The monoisotopic (exact) mass is 329 g/mol. The van der Waals surface area contributed by atoms with Gasteiger partial charge in [0, 0.05) is 48.9 Å². The number of thiophene rings is 1. The molecule has 0 bridgehead atoms. The van der Waals surface area contributed by atoms with Crippen LogP contribution in [0.1, 0.15) is 17.7 Å². The van der Waals surface area contributed by atoms with Gasteiger partial charge in [-0.25, -0.2) is 0 Å². The lowest BCUT2D eigenvalue weighted by molar-refractivity contribution is -0.0742. The third-order valence-electron chi connectivity index (χ3n) is 5.00. The van der Waals surface area contributed by atoms with Crippen LogP contribution >= 0.6 is 11.3 Å². The molecule has 122 valence electrons. The van der Waals surface area contributed by atoms with E-state index >= 15 is 0 Å². The Kier molecular flexibility index (Phi) is 4.60. The first-order valence-electron chi connectivity index (χ1n) is 8.42. The van der Waals surface area contributed by atoms with Crippen molar-refractivity contribution in [3.05, 3.63) is 46.9 Å². The fraction of sp³-hybridized carbons (Fsp3) is 0.500. The van der Waals surface area contributed by atoms with Crippen molar-refractivity contribution in [1.29, 1.82) is 0 Å². The number of anilines is 1. The number of nitrogens with zero attached hydrogens (tertiary/aromatic N) is 2. The molecule has 0 radical (unpaired) electrons. The van der Waals surface area contributed by atoms with E-state index in [0.717, 1.165) is 31.9 Å². The molecule has 2 aromatic rings. The van der Waals surface area contributed by atoms with Crippen molar-refractivity contribution in [3.8, 4) is 0 Å². The molecule has 2 aliphatic rings. The summed E-state index contributed by atoms with van der Waals surface area (Å²) >= 11 is 1.86. The second-order valence-electron chi connectivity index (χ2n) is 6.41. The number of hydrogen-bond donors (Lipinski definition) is 1. The highest BCUT2D eigenvalue weighted by Gasteiger charge is 2.42. The molecule has 0 spiro atoms. The van der Waals surface area contributed by atoms with Crippen LogP contribution in [-0.4, -0.2) is 41.7 Å². The van der Waals surface area contributed by atoms with Crippen LogP contribution in [0.25, 0.3) is 0 Å². The van der Waals surface area contributed by atoms with E-state index in [4.69, 9.17) is 4.74 Å². The zero-order valence-corrected chi connectivity index (χ0v) is 14.0. The maximum atomic E-state index is 6.16. The van der Waals surface area contributed by atoms with Gasteiger partial charge in [0.25, 0.3) is 0 Å². The lowest BCUT2D eigenvalue weighted by Crippen LogP contribution is -2.50. The van der Waals surface area contributed by atoms with Crippen LogP contribution in [0.4, 0.5) is 5.69 Å².